The molecule has 1 aromatic heterocycles. The highest BCUT2D eigenvalue weighted by Gasteiger charge is 2.15. The van der Waals surface area contributed by atoms with Crippen LogP contribution in [0.4, 0.5) is 0 Å². The fourth-order valence-corrected chi connectivity index (χ4v) is 3.37. The number of hydrogen-bond donors (Lipinski definition) is 1. The van der Waals surface area contributed by atoms with E-state index in [1.165, 1.54) is 4.90 Å². The number of methoxy groups -OCH3 is 2. The van der Waals surface area contributed by atoms with Gasteiger partial charge in [0.1, 0.15) is 30.2 Å². The first kappa shape index (κ1) is 19.3. The van der Waals surface area contributed by atoms with Crippen LogP contribution >= 0.6 is 11.6 Å². The lowest BCUT2D eigenvalue weighted by atomic mass is 10.1. The highest BCUT2D eigenvalue weighted by Crippen LogP contribution is 2.26. The van der Waals surface area contributed by atoms with Gasteiger partial charge < -0.3 is 18.8 Å². The van der Waals surface area contributed by atoms with Crippen molar-refractivity contribution >= 4 is 22.6 Å². The summed E-state index contributed by atoms with van der Waals surface area (Å²) < 4.78 is 16.1. The number of nitrogens with one attached hydrogen (secondary N) is 1. The van der Waals surface area contributed by atoms with Gasteiger partial charge in [0.15, 0.2) is 0 Å². The quantitative estimate of drug-likeness (QED) is 0.659. The predicted molar refractivity (Wildman–Crippen MR) is 106 cm³/mol. The average Bonchev–Trinajstić information content (AvgIpc) is 2.63. The molecule has 0 aliphatic heterocycles. The Kier molecular flexibility index (Phi) is 5.73. The van der Waals surface area contributed by atoms with E-state index in [0.29, 0.717) is 17.2 Å². The van der Waals surface area contributed by atoms with Crippen LogP contribution in [-0.4, -0.2) is 21.3 Å². The first-order valence-corrected chi connectivity index (χ1v) is 9.04. The number of aryl methyl sites for hydroxylation is 1. The van der Waals surface area contributed by atoms with Gasteiger partial charge in [0.2, 0.25) is 0 Å². The molecular weight excluding hydrogens is 366 g/mol. The molecule has 0 saturated carbocycles. The zero-order valence-corrected chi connectivity index (χ0v) is 16.6. The van der Waals surface area contributed by atoms with E-state index in [2.05, 4.69) is 7.05 Å². The maximum absolute atomic E-state index is 12.0. The lowest BCUT2D eigenvalue weighted by Gasteiger charge is -2.17. The van der Waals surface area contributed by atoms with Crippen molar-refractivity contribution in [2.45, 2.75) is 20.0 Å². The molecule has 1 atom stereocenters. The standard InChI is InChI=1S/C21H22ClNO4/c1-13-7-20-17(10-18(13)22)15(8-21(24)27-20)12-23(2)11-14-5-6-16(25-3)9-19(14)26-4/h5-10H,11-12H2,1-4H3/p+1. The van der Waals surface area contributed by atoms with Crippen molar-refractivity contribution < 1.29 is 18.8 Å². The molecule has 0 spiro atoms. The molecule has 0 radical (unpaired) electrons. The third kappa shape index (κ3) is 4.26. The number of quaternary nitrogens is 1. The summed E-state index contributed by atoms with van der Waals surface area (Å²) >= 11 is 6.28. The van der Waals surface area contributed by atoms with Gasteiger partial charge in [0.25, 0.3) is 0 Å². The maximum atomic E-state index is 12.0. The lowest BCUT2D eigenvalue weighted by molar-refractivity contribution is -0.907. The number of fused-ring (bicyclic) bond motifs is 1. The molecule has 5 nitrogen and oxygen atoms in total. The Hall–Kier alpha value is -2.50. The fraction of sp³-hybridized carbons (Fsp3) is 0.286. The molecular formula is C21H23ClNO4+. The van der Waals surface area contributed by atoms with Gasteiger partial charge in [-0.25, -0.2) is 4.79 Å². The van der Waals surface area contributed by atoms with E-state index in [9.17, 15) is 4.79 Å². The molecule has 0 saturated heterocycles. The van der Waals surface area contributed by atoms with E-state index in [0.717, 1.165) is 40.1 Å². The number of rotatable bonds is 6. The summed E-state index contributed by atoms with van der Waals surface area (Å²) in [5.41, 5.74) is 3.07. The van der Waals surface area contributed by atoms with Crippen molar-refractivity contribution in [1.82, 2.24) is 0 Å². The summed E-state index contributed by atoms with van der Waals surface area (Å²) in [6.45, 7) is 3.27. The Morgan fingerprint density at radius 2 is 1.78 bits per heavy atom. The Morgan fingerprint density at radius 3 is 2.48 bits per heavy atom. The van der Waals surface area contributed by atoms with Crippen LogP contribution in [0.2, 0.25) is 5.02 Å². The van der Waals surface area contributed by atoms with Crippen LogP contribution in [0.3, 0.4) is 0 Å². The zero-order chi connectivity index (χ0) is 19.6. The van der Waals surface area contributed by atoms with E-state index in [1.54, 1.807) is 20.3 Å². The molecule has 27 heavy (non-hydrogen) atoms. The summed E-state index contributed by atoms with van der Waals surface area (Å²) in [6, 6.07) is 11.0. The number of benzene rings is 2. The van der Waals surface area contributed by atoms with Gasteiger partial charge in [-0.3, -0.25) is 0 Å². The van der Waals surface area contributed by atoms with E-state index < -0.39 is 0 Å². The summed E-state index contributed by atoms with van der Waals surface area (Å²) in [6.07, 6.45) is 0. The van der Waals surface area contributed by atoms with Crippen LogP contribution in [0.25, 0.3) is 11.0 Å². The Labute approximate surface area is 163 Å². The van der Waals surface area contributed by atoms with Crippen LogP contribution in [-0.2, 0) is 13.1 Å². The van der Waals surface area contributed by atoms with Crippen LogP contribution in [0, 0.1) is 6.92 Å². The normalized spacial score (nSPS) is 12.2. The second kappa shape index (κ2) is 8.03. The van der Waals surface area contributed by atoms with E-state index >= 15 is 0 Å². The van der Waals surface area contributed by atoms with Crippen LogP contribution in [0.1, 0.15) is 16.7 Å². The molecule has 2 aromatic carbocycles. The molecule has 6 heteroatoms. The van der Waals surface area contributed by atoms with Gasteiger partial charge in [-0.15, -0.1) is 0 Å². The minimum Gasteiger partial charge on any atom is -0.497 e. The molecule has 1 heterocycles. The molecule has 0 amide bonds. The first-order valence-electron chi connectivity index (χ1n) is 8.66. The first-order chi connectivity index (χ1) is 12.9. The van der Waals surface area contributed by atoms with Gasteiger partial charge >= 0.3 is 5.63 Å². The highest BCUT2D eigenvalue weighted by atomic mass is 35.5. The molecule has 0 aliphatic carbocycles. The molecule has 0 bridgehead atoms. The summed E-state index contributed by atoms with van der Waals surface area (Å²) in [7, 11) is 5.35. The van der Waals surface area contributed by atoms with Gasteiger partial charge in [-0.1, -0.05) is 11.6 Å². The van der Waals surface area contributed by atoms with Gasteiger partial charge in [-0.05, 0) is 36.8 Å². The monoisotopic (exact) mass is 388 g/mol. The zero-order valence-electron chi connectivity index (χ0n) is 15.9. The van der Waals surface area contributed by atoms with Crippen LogP contribution in [0.15, 0.2) is 45.6 Å². The van der Waals surface area contributed by atoms with Crippen molar-refractivity contribution in [3.63, 3.8) is 0 Å². The lowest BCUT2D eigenvalue weighted by Crippen LogP contribution is -3.06. The second-order valence-electron chi connectivity index (χ2n) is 6.68. The van der Waals surface area contributed by atoms with Crippen molar-refractivity contribution in [2.24, 2.45) is 0 Å². The van der Waals surface area contributed by atoms with Gasteiger partial charge in [0.05, 0.1) is 21.3 Å². The van der Waals surface area contributed by atoms with Crippen molar-refractivity contribution in [3.8, 4) is 11.5 Å². The van der Waals surface area contributed by atoms with Crippen molar-refractivity contribution in [2.75, 3.05) is 21.3 Å². The van der Waals surface area contributed by atoms with E-state index in [4.69, 9.17) is 25.5 Å². The average molecular weight is 389 g/mol. The molecule has 0 fully saturated rings. The van der Waals surface area contributed by atoms with Crippen molar-refractivity contribution in [3.05, 3.63) is 68.5 Å². The Bertz CT molecular complexity index is 1030. The van der Waals surface area contributed by atoms with Crippen molar-refractivity contribution in [1.29, 1.82) is 0 Å². The Balaban J connectivity index is 1.89. The smallest absolute Gasteiger partial charge is 0.336 e. The molecule has 3 aromatic rings. The minimum atomic E-state index is -0.353. The van der Waals surface area contributed by atoms with Crippen LogP contribution in [0.5, 0.6) is 11.5 Å². The van der Waals surface area contributed by atoms with Gasteiger partial charge in [-0.2, -0.15) is 0 Å². The third-order valence-corrected chi connectivity index (χ3v) is 5.00. The van der Waals surface area contributed by atoms with Gasteiger partial charge in [0, 0.05) is 33.7 Å². The maximum Gasteiger partial charge on any atom is 0.336 e. The SMILES string of the molecule is COc1ccc(C[NH+](C)Cc2cc(=O)oc3cc(C)c(Cl)cc23)c(OC)c1. The van der Waals surface area contributed by atoms with E-state index in [1.807, 2.05) is 37.3 Å². The molecule has 142 valence electrons. The number of ether oxygens (including phenoxy) is 2. The van der Waals surface area contributed by atoms with Crippen LogP contribution < -0.4 is 20.0 Å². The van der Waals surface area contributed by atoms with E-state index in [-0.39, 0.29) is 5.63 Å². The molecule has 1 N–H and O–H groups in total. The number of halogens is 1. The summed E-state index contributed by atoms with van der Waals surface area (Å²) in [4.78, 5) is 13.2. The topological polar surface area (TPSA) is 53.1 Å². The molecule has 3 rings (SSSR count). The predicted octanol–water partition coefficient (Wildman–Crippen LogP) is 2.99. The Morgan fingerprint density at radius 1 is 1.04 bits per heavy atom. The minimum absolute atomic E-state index is 0.353. The molecule has 1 unspecified atom stereocenters. The second-order valence-corrected chi connectivity index (χ2v) is 7.08. The number of hydrogen-bond acceptors (Lipinski definition) is 4. The summed E-state index contributed by atoms with van der Waals surface area (Å²) in [5, 5.41) is 1.53. The largest absolute Gasteiger partial charge is 0.497 e. The highest BCUT2D eigenvalue weighted by molar-refractivity contribution is 6.32. The fourth-order valence-electron chi connectivity index (χ4n) is 3.21. The third-order valence-electron chi connectivity index (χ3n) is 4.59. The summed E-state index contributed by atoms with van der Waals surface area (Å²) in [5.74, 6) is 1.54. The molecule has 0 aliphatic rings.